The zero-order chi connectivity index (χ0) is 20.0. The van der Waals surface area contributed by atoms with Gasteiger partial charge >= 0.3 is 0 Å². The van der Waals surface area contributed by atoms with Crippen molar-refractivity contribution < 1.29 is 17.9 Å². The number of ether oxygens (including phenoxy) is 1. The minimum atomic E-state index is -3.79. The van der Waals surface area contributed by atoms with Crippen molar-refractivity contribution in [1.82, 2.24) is 10.1 Å². The van der Waals surface area contributed by atoms with E-state index in [4.69, 9.17) is 4.74 Å². The number of nitrogens with one attached hydrogen (secondary N) is 2. The van der Waals surface area contributed by atoms with E-state index in [-0.39, 0.29) is 4.90 Å². The van der Waals surface area contributed by atoms with E-state index in [0.717, 1.165) is 11.1 Å². The minimum absolute atomic E-state index is 0.197. The highest BCUT2D eigenvalue weighted by atomic mass is 32.2. The highest BCUT2D eigenvalue weighted by Gasteiger charge is 2.20. The molecule has 27 heavy (non-hydrogen) atoms. The average molecular weight is 389 g/mol. The SMILES string of the molecule is COc1ccc(/C=N\NC(=O)CNS(=O)(=O)c2c(C)cc(C)cc2C)cc1. The largest absolute Gasteiger partial charge is 0.497 e. The molecule has 0 saturated heterocycles. The summed E-state index contributed by atoms with van der Waals surface area (Å²) in [5.74, 6) is 0.151. The number of amides is 1. The van der Waals surface area contributed by atoms with Crippen molar-refractivity contribution in [2.75, 3.05) is 13.7 Å². The molecule has 0 aromatic heterocycles. The Hall–Kier alpha value is -2.71. The van der Waals surface area contributed by atoms with E-state index in [1.165, 1.54) is 6.21 Å². The fraction of sp³-hybridized carbons (Fsp3) is 0.263. The number of carbonyl (C=O) groups is 1. The molecule has 0 unspecified atom stereocenters. The molecule has 7 nitrogen and oxygen atoms in total. The molecule has 0 aliphatic carbocycles. The number of benzene rings is 2. The fourth-order valence-corrected chi connectivity index (χ4v) is 4.16. The van der Waals surface area contributed by atoms with Crippen LogP contribution < -0.4 is 14.9 Å². The zero-order valence-electron chi connectivity index (χ0n) is 15.7. The second-order valence-electron chi connectivity index (χ2n) is 6.12. The molecule has 0 aliphatic heterocycles. The Kier molecular flexibility index (Phi) is 6.70. The number of nitrogens with zero attached hydrogens (tertiary/aromatic N) is 1. The quantitative estimate of drug-likeness (QED) is 0.559. The molecule has 0 spiro atoms. The molecule has 0 saturated carbocycles. The van der Waals surface area contributed by atoms with Crippen molar-refractivity contribution >= 4 is 22.1 Å². The van der Waals surface area contributed by atoms with Gasteiger partial charge in [0.2, 0.25) is 10.0 Å². The van der Waals surface area contributed by atoms with Crippen molar-refractivity contribution in [2.45, 2.75) is 25.7 Å². The summed E-state index contributed by atoms with van der Waals surface area (Å²) in [5, 5.41) is 3.82. The Morgan fingerprint density at radius 3 is 2.26 bits per heavy atom. The maximum absolute atomic E-state index is 12.5. The van der Waals surface area contributed by atoms with Crippen LogP contribution in [0.2, 0.25) is 0 Å². The first kappa shape index (κ1) is 20.6. The van der Waals surface area contributed by atoms with Gasteiger partial charge in [0.05, 0.1) is 24.8 Å². The standard InChI is InChI=1S/C19H23N3O4S/c1-13-9-14(2)19(15(3)10-13)27(24,25)21-12-18(23)22-20-11-16-5-7-17(26-4)8-6-16/h5-11,21H,12H2,1-4H3,(H,22,23)/b20-11-. The lowest BCUT2D eigenvalue weighted by Gasteiger charge is -2.12. The molecule has 0 fully saturated rings. The molecule has 2 aromatic carbocycles. The van der Waals surface area contributed by atoms with Crippen molar-refractivity contribution in [1.29, 1.82) is 0 Å². The topological polar surface area (TPSA) is 96.9 Å². The number of hydrazone groups is 1. The third kappa shape index (κ3) is 5.63. The first-order valence-corrected chi connectivity index (χ1v) is 9.74. The normalized spacial score (nSPS) is 11.6. The summed E-state index contributed by atoms with van der Waals surface area (Å²) >= 11 is 0. The number of carbonyl (C=O) groups excluding carboxylic acids is 1. The molecular formula is C19H23N3O4S. The monoisotopic (exact) mass is 389 g/mol. The number of hydrogen-bond acceptors (Lipinski definition) is 5. The molecule has 2 aromatic rings. The first-order chi connectivity index (χ1) is 12.7. The third-order valence-electron chi connectivity index (χ3n) is 3.81. The van der Waals surface area contributed by atoms with Crippen LogP contribution >= 0.6 is 0 Å². The highest BCUT2D eigenvalue weighted by Crippen LogP contribution is 2.21. The van der Waals surface area contributed by atoms with Crippen LogP contribution in [0.4, 0.5) is 0 Å². The highest BCUT2D eigenvalue weighted by molar-refractivity contribution is 7.89. The first-order valence-electron chi connectivity index (χ1n) is 8.26. The lowest BCUT2D eigenvalue weighted by Crippen LogP contribution is -2.35. The van der Waals surface area contributed by atoms with Crippen molar-refractivity contribution in [3.63, 3.8) is 0 Å². The van der Waals surface area contributed by atoms with E-state index in [1.807, 2.05) is 6.92 Å². The van der Waals surface area contributed by atoms with Crippen LogP contribution in [-0.2, 0) is 14.8 Å². The second kappa shape index (κ2) is 8.79. The van der Waals surface area contributed by atoms with Crippen molar-refractivity contribution in [2.24, 2.45) is 5.10 Å². The Balaban J connectivity index is 1.95. The third-order valence-corrected chi connectivity index (χ3v) is 5.52. The van der Waals surface area contributed by atoms with Gasteiger partial charge in [-0.15, -0.1) is 0 Å². The summed E-state index contributed by atoms with van der Waals surface area (Å²) in [5.41, 5.74) is 5.32. The molecular weight excluding hydrogens is 366 g/mol. The number of methoxy groups -OCH3 is 1. The molecule has 8 heteroatoms. The maximum atomic E-state index is 12.5. The van der Waals surface area contributed by atoms with E-state index in [9.17, 15) is 13.2 Å². The average Bonchev–Trinajstić information content (AvgIpc) is 2.59. The smallest absolute Gasteiger partial charge is 0.255 e. The van der Waals surface area contributed by atoms with Gasteiger partial charge in [0.1, 0.15) is 5.75 Å². The van der Waals surface area contributed by atoms with Gasteiger partial charge < -0.3 is 4.74 Å². The van der Waals surface area contributed by atoms with Gasteiger partial charge in [0, 0.05) is 0 Å². The van der Waals surface area contributed by atoms with Crippen LogP contribution in [0, 0.1) is 20.8 Å². The molecule has 0 aliphatic rings. The summed E-state index contributed by atoms with van der Waals surface area (Å²) in [6.07, 6.45) is 1.46. The van der Waals surface area contributed by atoms with Gasteiger partial charge in [0.15, 0.2) is 0 Å². The molecule has 0 bridgehead atoms. The van der Waals surface area contributed by atoms with Crippen LogP contribution in [0.25, 0.3) is 0 Å². The molecule has 2 rings (SSSR count). The van der Waals surface area contributed by atoms with Crippen LogP contribution in [0.15, 0.2) is 46.4 Å². The van der Waals surface area contributed by atoms with E-state index in [0.29, 0.717) is 16.9 Å². The molecule has 2 N–H and O–H groups in total. The predicted molar refractivity (Wildman–Crippen MR) is 105 cm³/mol. The van der Waals surface area contributed by atoms with Crippen LogP contribution in [0.1, 0.15) is 22.3 Å². The van der Waals surface area contributed by atoms with Gasteiger partial charge in [-0.25, -0.2) is 18.6 Å². The fourth-order valence-electron chi connectivity index (χ4n) is 2.73. The molecule has 144 valence electrons. The summed E-state index contributed by atoms with van der Waals surface area (Å²) < 4.78 is 32.4. The van der Waals surface area contributed by atoms with E-state index in [2.05, 4.69) is 15.2 Å². The number of aryl methyl sites for hydroxylation is 3. The Labute approximate surface area is 159 Å². The maximum Gasteiger partial charge on any atom is 0.255 e. The van der Waals surface area contributed by atoms with Crippen molar-refractivity contribution in [3.8, 4) is 5.75 Å². The second-order valence-corrected chi connectivity index (χ2v) is 7.82. The molecule has 0 heterocycles. The summed E-state index contributed by atoms with van der Waals surface area (Å²) in [4.78, 5) is 12.1. The zero-order valence-corrected chi connectivity index (χ0v) is 16.6. The number of hydrogen-bond donors (Lipinski definition) is 2. The molecule has 0 atom stereocenters. The van der Waals surface area contributed by atoms with Gasteiger partial charge in [0.25, 0.3) is 5.91 Å². The summed E-state index contributed by atoms with van der Waals surface area (Å²) in [6.45, 7) is 4.95. The van der Waals surface area contributed by atoms with E-state index < -0.39 is 22.5 Å². The van der Waals surface area contributed by atoms with Crippen LogP contribution in [0.3, 0.4) is 0 Å². The van der Waals surface area contributed by atoms with Gasteiger partial charge in [-0.3, -0.25) is 4.79 Å². The lowest BCUT2D eigenvalue weighted by molar-refractivity contribution is -0.119. The Morgan fingerprint density at radius 2 is 1.70 bits per heavy atom. The van der Waals surface area contributed by atoms with Crippen LogP contribution in [-0.4, -0.2) is 34.2 Å². The minimum Gasteiger partial charge on any atom is -0.497 e. The van der Waals surface area contributed by atoms with Crippen molar-refractivity contribution in [3.05, 3.63) is 58.7 Å². The van der Waals surface area contributed by atoms with Gasteiger partial charge in [-0.1, -0.05) is 17.7 Å². The number of sulfonamides is 1. The van der Waals surface area contributed by atoms with Crippen LogP contribution in [0.5, 0.6) is 5.75 Å². The van der Waals surface area contributed by atoms with Gasteiger partial charge in [-0.2, -0.15) is 5.10 Å². The van der Waals surface area contributed by atoms with E-state index >= 15 is 0 Å². The van der Waals surface area contributed by atoms with E-state index in [1.54, 1.807) is 57.4 Å². The predicted octanol–water partition coefficient (Wildman–Crippen LogP) is 2.05. The molecule has 0 radical (unpaired) electrons. The summed E-state index contributed by atoms with van der Waals surface area (Å²) in [6, 6.07) is 10.7. The molecule has 1 amide bonds. The van der Waals surface area contributed by atoms with Gasteiger partial charge in [-0.05, 0) is 61.7 Å². The lowest BCUT2D eigenvalue weighted by atomic mass is 10.1. The Morgan fingerprint density at radius 1 is 1.11 bits per heavy atom. The summed E-state index contributed by atoms with van der Waals surface area (Å²) in [7, 11) is -2.22. The number of rotatable bonds is 7. The Bertz CT molecular complexity index is 928.